The molecule has 1 aliphatic rings. The van der Waals surface area contributed by atoms with Gasteiger partial charge in [0.2, 0.25) is 10.0 Å². The molecule has 0 saturated carbocycles. The maximum atomic E-state index is 12.2. The van der Waals surface area contributed by atoms with Gasteiger partial charge in [0.25, 0.3) is 0 Å². The summed E-state index contributed by atoms with van der Waals surface area (Å²) in [5, 5.41) is 7.12. The standard InChI is InChI=1S/C9H16N4O2S/c1-2-12-8-9(7-11-12)16(14,15)13-5-3-10-4-6-13/h7-8,10H,2-6H2,1H3. The second-order valence-corrected chi connectivity index (χ2v) is 5.62. The molecule has 1 aliphatic heterocycles. The number of aromatic nitrogens is 2. The zero-order chi connectivity index (χ0) is 11.6. The zero-order valence-corrected chi connectivity index (χ0v) is 10.1. The number of aryl methyl sites for hydroxylation is 1. The molecule has 1 N–H and O–H groups in total. The van der Waals surface area contributed by atoms with Gasteiger partial charge in [-0.25, -0.2) is 8.42 Å². The molecule has 0 atom stereocenters. The van der Waals surface area contributed by atoms with Crippen LogP contribution in [0, 0.1) is 0 Å². The van der Waals surface area contributed by atoms with Crippen LogP contribution >= 0.6 is 0 Å². The fraction of sp³-hybridized carbons (Fsp3) is 0.667. The Balaban J connectivity index is 2.23. The second kappa shape index (κ2) is 4.52. The number of sulfonamides is 1. The first-order chi connectivity index (χ1) is 7.64. The lowest BCUT2D eigenvalue weighted by molar-refractivity contribution is 0.360. The summed E-state index contributed by atoms with van der Waals surface area (Å²) in [7, 11) is -3.34. The molecule has 7 heteroatoms. The number of nitrogens with one attached hydrogen (secondary N) is 1. The molecule has 6 nitrogen and oxygen atoms in total. The first-order valence-electron chi connectivity index (χ1n) is 5.38. The lowest BCUT2D eigenvalue weighted by Gasteiger charge is -2.25. The molecule has 0 amide bonds. The largest absolute Gasteiger partial charge is 0.314 e. The molecule has 2 heterocycles. The average molecular weight is 244 g/mol. The first kappa shape index (κ1) is 11.6. The summed E-state index contributed by atoms with van der Waals surface area (Å²) >= 11 is 0. The van der Waals surface area contributed by atoms with Gasteiger partial charge in [-0.15, -0.1) is 0 Å². The van der Waals surface area contributed by atoms with Crippen LogP contribution in [0.1, 0.15) is 6.92 Å². The fourth-order valence-corrected chi connectivity index (χ4v) is 3.08. The van der Waals surface area contributed by atoms with Crippen LogP contribution in [0.15, 0.2) is 17.3 Å². The predicted molar refractivity (Wildman–Crippen MR) is 59.5 cm³/mol. The predicted octanol–water partition coefficient (Wildman–Crippen LogP) is -0.503. The molecule has 0 aliphatic carbocycles. The molecule has 0 spiro atoms. The van der Waals surface area contributed by atoms with Gasteiger partial charge in [0, 0.05) is 38.9 Å². The molecular formula is C9H16N4O2S. The highest BCUT2D eigenvalue weighted by molar-refractivity contribution is 7.89. The highest BCUT2D eigenvalue weighted by atomic mass is 32.2. The Morgan fingerprint density at radius 3 is 2.69 bits per heavy atom. The van der Waals surface area contributed by atoms with Crippen molar-refractivity contribution in [3.05, 3.63) is 12.4 Å². The summed E-state index contributed by atoms with van der Waals surface area (Å²) in [6.45, 7) is 5.08. The van der Waals surface area contributed by atoms with Crippen LogP contribution < -0.4 is 5.32 Å². The van der Waals surface area contributed by atoms with E-state index in [1.807, 2.05) is 6.92 Å². The van der Waals surface area contributed by atoms with Gasteiger partial charge in [0.05, 0.1) is 6.20 Å². The van der Waals surface area contributed by atoms with E-state index < -0.39 is 10.0 Å². The van der Waals surface area contributed by atoms with Crippen LogP contribution in [0.25, 0.3) is 0 Å². The van der Waals surface area contributed by atoms with E-state index in [2.05, 4.69) is 10.4 Å². The normalized spacial score (nSPS) is 18.8. The van der Waals surface area contributed by atoms with Crippen LogP contribution in [0.4, 0.5) is 0 Å². The van der Waals surface area contributed by atoms with Crippen molar-refractivity contribution in [2.75, 3.05) is 26.2 Å². The van der Waals surface area contributed by atoms with Crippen molar-refractivity contribution in [1.82, 2.24) is 19.4 Å². The Morgan fingerprint density at radius 2 is 2.12 bits per heavy atom. The van der Waals surface area contributed by atoms with Gasteiger partial charge in [-0.05, 0) is 6.92 Å². The quantitative estimate of drug-likeness (QED) is 0.778. The van der Waals surface area contributed by atoms with Crippen LogP contribution in [0.3, 0.4) is 0 Å². The first-order valence-corrected chi connectivity index (χ1v) is 6.82. The molecule has 1 saturated heterocycles. The minimum Gasteiger partial charge on any atom is -0.314 e. The van der Waals surface area contributed by atoms with E-state index in [1.54, 1.807) is 10.9 Å². The Morgan fingerprint density at radius 1 is 1.44 bits per heavy atom. The molecule has 1 fully saturated rings. The van der Waals surface area contributed by atoms with E-state index in [0.29, 0.717) is 32.7 Å². The Bertz CT molecular complexity index is 448. The van der Waals surface area contributed by atoms with Gasteiger partial charge >= 0.3 is 0 Å². The van der Waals surface area contributed by atoms with Gasteiger partial charge in [-0.2, -0.15) is 9.40 Å². The third kappa shape index (κ3) is 2.11. The van der Waals surface area contributed by atoms with Gasteiger partial charge in [0.15, 0.2) is 0 Å². The van der Waals surface area contributed by atoms with Crippen molar-refractivity contribution in [3.8, 4) is 0 Å². The van der Waals surface area contributed by atoms with E-state index in [4.69, 9.17) is 0 Å². The zero-order valence-electron chi connectivity index (χ0n) is 9.26. The Hall–Kier alpha value is -0.920. The molecule has 0 bridgehead atoms. The van der Waals surface area contributed by atoms with E-state index in [0.717, 1.165) is 0 Å². The third-order valence-corrected chi connectivity index (χ3v) is 4.50. The van der Waals surface area contributed by atoms with Gasteiger partial charge in [-0.1, -0.05) is 0 Å². The molecule has 1 aromatic heterocycles. The van der Waals surface area contributed by atoms with Crippen LogP contribution in [0.5, 0.6) is 0 Å². The molecule has 1 aromatic rings. The minimum atomic E-state index is -3.34. The van der Waals surface area contributed by atoms with Gasteiger partial charge in [0.1, 0.15) is 4.90 Å². The monoisotopic (exact) mass is 244 g/mol. The summed E-state index contributed by atoms with van der Waals surface area (Å²) in [6, 6.07) is 0. The van der Waals surface area contributed by atoms with E-state index in [-0.39, 0.29) is 4.90 Å². The van der Waals surface area contributed by atoms with Crippen molar-refractivity contribution in [3.63, 3.8) is 0 Å². The van der Waals surface area contributed by atoms with Crippen LogP contribution in [-0.4, -0.2) is 48.7 Å². The second-order valence-electron chi connectivity index (χ2n) is 3.69. The van der Waals surface area contributed by atoms with Gasteiger partial charge < -0.3 is 5.32 Å². The number of hydrogen-bond donors (Lipinski definition) is 1. The summed E-state index contributed by atoms with van der Waals surface area (Å²) in [5.74, 6) is 0. The molecule has 2 rings (SSSR count). The summed E-state index contributed by atoms with van der Waals surface area (Å²) in [5.41, 5.74) is 0. The van der Waals surface area contributed by atoms with E-state index in [1.165, 1.54) is 10.5 Å². The SMILES string of the molecule is CCn1cc(S(=O)(=O)N2CCNCC2)cn1. The van der Waals surface area contributed by atoms with E-state index in [9.17, 15) is 8.42 Å². The fourth-order valence-electron chi connectivity index (χ4n) is 1.68. The highest BCUT2D eigenvalue weighted by Gasteiger charge is 2.26. The van der Waals surface area contributed by atoms with Gasteiger partial charge in [-0.3, -0.25) is 4.68 Å². The average Bonchev–Trinajstić information content (AvgIpc) is 2.79. The van der Waals surface area contributed by atoms with Crippen LogP contribution in [-0.2, 0) is 16.6 Å². The summed E-state index contributed by atoms with van der Waals surface area (Å²) in [4.78, 5) is 0.288. The smallest absolute Gasteiger partial charge is 0.246 e. The van der Waals surface area contributed by atoms with Crippen molar-refractivity contribution < 1.29 is 8.42 Å². The number of nitrogens with zero attached hydrogens (tertiary/aromatic N) is 3. The molecule has 16 heavy (non-hydrogen) atoms. The lowest BCUT2D eigenvalue weighted by atomic mass is 10.4. The Kier molecular flexibility index (Phi) is 3.27. The number of hydrogen-bond acceptors (Lipinski definition) is 4. The van der Waals surface area contributed by atoms with Crippen molar-refractivity contribution in [2.45, 2.75) is 18.4 Å². The molecule has 90 valence electrons. The van der Waals surface area contributed by atoms with Crippen molar-refractivity contribution in [1.29, 1.82) is 0 Å². The lowest BCUT2D eigenvalue weighted by Crippen LogP contribution is -2.46. The maximum absolute atomic E-state index is 12.2. The maximum Gasteiger partial charge on any atom is 0.246 e. The molecule has 0 radical (unpaired) electrons. The Labute approximate surface area is 95.3 Å². The number of piperazine rings is 1. The van der Waals surface area contributed by atoms with Crippen molar-refractivity contribution >= 4 is 10.0 Å². The molecular weight excluding hydrogens is 228 g/mol. The number of rotatable bonds is 3. The molecule has 0 aromatic carbocycles. The topological polar surface area (TPSA) is 67.2 Å². The summed E-state index contributed by atoms with van der Waals surface area (Å²) < 4.78 is 27.4. The van der Waals surface area contributed by atoms with Crippen molar-refractivity contribution in [2.24, 2.45) is 0 Å². The van der Waals surface area contributed by atoms with E-state index >= 15 is 0 Å². The molecule has 0 unspecified atom stereocenters. The minimum absolute atomic E-state index is 0.288. The van der Waals surface area contributed by atoms with Crippen LogP contribution in [0.2, 0.25) is 0 Å². The summed E-state index contributed by atoms with van der Waals surface area (Å²) in [6.07, 6.45) is 3.00. The third-order valence-electron chi connectivity index (χ3n) is 2.65. The highest BCUT2D eigenvalue weighted by Crippen LogP contribution is 2.14.